The maximum absolute atomic E-state index is 12.6. The van der Waals surface area contributed by atoms with E-state index in [2.05, 4.69) is 15.0 Å². The second-order valence-corrected chi connectivity index (χ2v) is 9.80. The molecule has 0 fully saturated rings. The molecule has 152 valence electrons. The summed E-state index contributed by atoms with van der Waals surface area (Å²) in [5.74, 6) is -0.316. The smallest absolute Gasteiger partial charge is 0.257 e. The van der Waals surface area contributed by atoms with Gasteiger partial charge in [-0.05, 0) is 43.0 Å². The van der Waals surface area contributed by atoms with Crippen molar-refractivity contribution in [2.24, 2.45) is 0 Å². The number of nitrogens with one attached hydrogen (secondary N) is 2. The second kappa shape index (κ2) is 9.43. The van der Waals surface area contributed by atoms with E-state index in [-0.39, 0.29) is 11.7 Å². The lowest BCUT2D eigenvalue weighted by molar-refractivity contribution is 0.102. The molecular weight excluding hydrogens is 426 g/mol. The van der Waals surface area contributed by atoms with Gasteiger partial charge in [-0.15, -0.1) is 23.1 Å². The third-order valence-electron chi connectivity index (χ3n) is 3.98. The molecule has 0 aliphatic heterocycles. The molecule has 2 aromatic carbocycles. The SMILES string of the molecule is CCCS(=O)(=O)Nc1cccc(C(=O)Nc2nc(-c3ccc(SC)cc3)cs2)c1. The van der Waals surface area contributed by atoms with Crippen LogP contribution in [0.25, 0.3) is 11.3 Å². The maximum atomic E-state index is 12.6. The van der Waals surface area contributed by atoms with Crippen molar-refractivity contribution in [2.45, 2.75) is 18.2 Å². The largest absolute Gasteiger partial charge is 0.298 e. The minimum atomic E-state index is -3.41. The Labute approximate surface area is 178 Å². The predicted octanol–water partition coefficient (Wildman–Crippen LogP) is 4.94. The first-order chi connectivity index (χ1) is 13.9. The van der Waals surface area contributed by atoms with Crippen molar-refractivity contribution < 1.29 is 13.2 Å². The Morgan fingerprint density at radius 1 is 1.17 bits per heavy atom. The van der Waals surface area contributed by atoms with Crippen molar-refractivity contribution in [1.29, 1.82) is 0 Å². The van der Waals surface area contributed by atoms with E-state index in [0.717, 1.165) is 11.3 Å². The van der Waals surface area contributed by atoms with Gasteiger partial charge in [-0.2, -0.15) is 0 Å². The molecule has 1 heterocycles. The molecule has 0 aliphatic rings. The Bertz CT molecular complexity index is 1090. The molecular formula is C20H21N3O3S3. The minimum Gasteiger partial charge on any atom is -0.298 e. The highest BCUT2D eigenvalue weighted by molar-refractivity contribution is 7.98. The van der Waals surface area contributed by atoms with Crippen molar-refractivity contribution in [2.75, 3.05) is 22.0 Å². The number of hydrogen-bond acceptors (Lipinski definition) is 6. The van der Waals surface area contributed by atoms with Crippen LogP contribution in [0.3, 0.4) is 0 Å². The molecule has 0 saturated heterocycles. The number of thioether (sulfide) groups is 1. The lowest BCUT2D eigenvalue weighted by Crippen LogP contribution is -2.17. The fourth-order valence-corrected chi connectivity index (χ4v) is 4.87. The van der Waals surface area contributed by atoms with Gasteiger partial charge in [0, 0.05) is 27.1 Å². The van der Waals surface area contributed by atoms with Crippen LogP contribution in [0.1, 0.15) is 23.7 Å². The zero-order valence-electron chi connectivity index (χ0n) is 16.0. The molecule has 1 amide bonds. The minimum absolute atomic E-state index is 0.0310. The molecule has 1 aromatic heterocycles. The Kier molecular flexibility index (Phi) is 6.94. The molecule has 0 saturated carbocycles. The topological polar surface area (TPSA) is 88.2 Å². The lowest BCUT2D eigenvalue weighted by Gasteiger charge is -2.08. The number of nitrogens with zero attached hydrogens (tertiary/aromatic N) is 1. The van der Waals surface area contributed by atoms with Crippen LogP contribution < -0.4 is 10.0 Å². The summed E-state index contributed by atoms with van der Waals surface area (Å²) in [5, 5.41) is 5.14. The van der Waals surface area contributed by atoms with Crippen molar-refractivity contribution in [3.05, 3.63) is 59.5 Å². The standard InChI is InChI=1S/C20H21N3O3S3/c1-3-11-29(25,26)23-16-6-4-5-15(12-16)19(24)22-20-21-18(13-28-20)14-7-9-17(27-2)10-8-14/h4-10,12-13,23H,3,11H2,1-2H3,(H,21,22,24). The molecule has 2 N–H and O–H groups in total. The van der Waals surface area contributed by atoms with Gasteiger partial charge in [-0.25, -0.2) is 13.4 Å². The van der Waals surface area contributed by atoms with Gasteiger partial charge in [0.15, 0.2) is 5.13 Å². The number of amides is 1. The van der Waals surface area contributed by atoms with Crippen LogP contribution in [0.2, 0.25) is 0 Å². The summed E-state index contributed by atoms with van der Waals surface area (Å²) in [5.41, 5.74) is 2.48. The van der Waals surface area contributed by atoms with Crippen LogP contribution in [-0.2, 0) is 10.0 Å². The summed E-state index contributed by atoms with van der Waals surface area (Å²) < 4.78 is 26.3. The first-order valence-electron chi connectivity index (χ1n) is 8.92. The van der Waals surface area contributed by atoms with Crippen LogP contribution in [0.15, 0.2) is 58.8 Å². The first kappa shape index (κ1) is 21.4. The molecule has 6 nitrogen and oxygen atoms in total. The average molecular weight is 448 g/mol. The van der Waals surface area contributed by atoms with Gasteiger partial charge in [0.1, 0.15) is 0 Å². The van der Waals surface area contributed by atoms with Gasteiger partial charge >= 0.3 is 0 Å². The Balaban J connectivity index is 1.70. The molecule has 3 rings (SSSR count). The Morgan fingerprint density at radius 3 is 2.62 bits per heavy atom. The zero-order valence-corrected chi connectivity index (χ0v) is 18.5. The van der Waals surface area contributed by atoms with Gasteiger partial charge < -0.3 is 0 Å². The van der Waals surface area contributed by atoms with E-state index in [1.807, 2.05) is 35.9 Å². The van der Waals surface area contributed by atoms with E-state index in [1.165, 1.54) is 22.3 Å². The fraction of sp³-hybridized carbons (Fsp3) is 0.200. The van der Waals surface area contributed by atoms with Crippen molar-refractivity contribution >= 4 is 49.8 Å². The summed E-state index contributed by atoms with van der Waals surface area (Å²) in [6, 6.07) is 14.5. The fourth-order valence-electron chi connectivity index (χ4n) is 2.62. The number of benzene rings is 2. The quantitative estimate of drug-likeness (QED) is 0.478. The van der Waals surface area contributed by atoms with E-state index < -0.39 is 10.0 Å². The van der Waals surface area contributed by atoms with Crippen LogP contribution in [0, 0.1) is 0 Å². The summed E-state index contributed by atoms with van der Waals surface area (Å²) in [7, 11) is -3.41. The van der Waals surface area contributed by atoms with Gasteiger partial charge in [0.25, 0.3) is 5.91 Å². The Morgan fingerprint density at radius 2 is 1.93 bits per heavy atom. The number of aromatic nitrogens is 1. The highest BCUT2D eigenvalue weighted by atomic mass is 32.2. The normalized spacial score (nSPS) is 11.2. The number of carbonyl (C=O) groups excluding carboxylic acids is 1. The zero-order chi connectivity index (χ0) is 20.9. The summed E-state index contributed by atoms with van der Waals surface area (Å²) >= 11 is 3.01. The van der Waals surface area contributed by atoms with Crippen LogP contribution in [0.5, 0.6) is 0 Å². The molecule has 0 radical (unpaired) electrons. The molecule has 0 atom stereocenters. The third kappa shape index (κ3) is 5.81. The van der Waals surface area contributed by atoms with Gasteiger partial charge in [-0.3, -0.25) is 14.8 Å². The van der Waals surface area contributed by atoms with Crippen molar-refractivity contribution in [3.8, 4) is 11.3 Å². The van der Waals surface area contributed by atoms with Crippen LogP contribution in [-0.4, -0.2) is 31.3 Å². The molecule has 0 spiro atoms. The molecule has 3 aromatic rings. The van der Waals surface area contributed by atoms with E-state index in [0.29, 0.717) is 22.8 Å². The van der Waals surface area contributed by atoms with E-state index >= 15 is 0 Å². The van der Waals surface area contributed by atoms with E-state index in [4.69, 9.17) is 0 Å². The molecule has 29 heavy (non-hydrogen) atoms. The molecule has 0 unspecified atom stereocenters. The highest BCUT2D eigenvalue weighted by Crippen LogP contribution is 2.27. The third-order valence-corrected chi connectivity index (χ3v) is 6.98. The predicted molar refractivity (Wildman–Crippen MR) is 121 cm³/mol. The lowest BCUT2D eigenvalue weighted by atomic mass is 10.2. The number of carbonyl (C=O) groups is 1. The van der Waals surface area contributed by atoms with Crippen molar-refractivity contribution in [3.63, 3.8) is 0 Å². The Hall–Kier alpha value is -2.36. The monoisotopic (exact) mass is 447 g/mol. The van der Waals surface area contributed by atoms with Crippen LogP contribution >= 0.6 is 23.1 Å². The van der Waals surface area contributed by atoms with Crippen molar-refractivity contribution in [1.82, 2.24) is 4.98 Å². The molecule has 9 heteroatoms. The van der Waals surface area contributed by atoms with E-state index in [1.54, 1.807) is 36.9 Å². The van der Waals surface area contributed by atoms with Gasteiger partial charge in [0.2, 0.25) is 10.0 Å². The number of rotatable bonds is 8. The highest BCUT2D eigenvalue weighted by Gasteiger charge is 2.13. The molecule has 0 aliphatic carbocycles. The molecule has 0 bridgehead atoms. The second-order valence-electron chi connectivity index (χ2n) is 6.22. The van der Waals surface area contributed by atoms with Crippen LogP contribution in [0.4, 0.5) is 10.8 Å². The van der Waals surface area contributed by atoms with Gasteiger partial charge in [-0.1, -0.05) is 25.1 Å². The summed E-state index contributed by atoms with van der Waals surface area (Å²) in [4.78, 5) is 18.2. The summed E-state index contributed by atoms with van der Waals surface area (Å²) in [6.45, 7) is 1.79. The summed E-state index contributed by atoms with van der Waals surface area (Å²) in [6.07, 6.45) is 2.54. The maximum Gasteiger partial charge on any atom is 0.257 e. The number of thiazole rings is 1. The first-order valence-corrected chi connectivity index (χ1v) is 12.7. The van der Waals surface area contributed by atoms with E-state index in [9.17, 15) is 13.2 Å². The number of anilines is 2. The number of hydrogen-bond donors (Lipinski definition) is 2. The number of sulfonamides is 1. The van der Waals surface area contributed by atoms with Gasteiger partial charge in [0.05, 0.1) is 11.4 Å². The average Bonchev–Trinajstić information content (AvgIpc) is 3.16.